The highest BCUT2D eigenvalue weighted by Crippen LogP contribution is 2.35. The molecule has 0 aliphatic heterocycles. The van der Waals surface area contributed by atoms with Gasteiger partial charge in [0.25, 0.3) is 0 Å². The van der Waals surface area contributed by atoms with Crippen LogP contribution < -0.4 is 9.04 Å². The van der Waals surface area contributed by atoms with E-state index in [0.29, 0.717) is 18.0 Å². The fraction of sp³-hybridized carbons (Fsp3) is 0.143. The minimum Gasteiger partial charge on any atom is -0.508 e. The Hall–Kier alpha value is -2.99. The van der Waals surface area contributed by atoms with E-state index in [1.165, 1.54) is 16.4 Å². The summed E-state index contributed by atoms with van der Waals surface area (Å²) >= 11 is 0. The van der Waals surface area contributed by atoms with Crippen LogP contribution in [0.25, 0.3) is 0 Å². The maximum absolute atomic E-state index is 12.5. The lowest BCUT2D eigenvalue weighted by Gasteiger charge is -2.25. The molecule has 3 aromatic carbocycles. The summed E-state index contributed by atoms with van der Waals surface area (Å²) < 4.78 is 32.0. The average Bonchev–Trinajstić information content (AvgIpc) is 2.66. The monoisotopic (exact) mass is 383 g/mol. The number of hydrogen-bond acceptors (Lipinski definition) is 4. The molecule has 6 heteroatoms. The number of benzene rings is 3. The fourth-order valence-corrected chi connectivity index (χ4v) is 3.57. The van der Waals surface area contributed by atoms with Crippen LogP contribution in [0.2, 0.25) is 0 Å². The predicted octanol–water partition coefficient (Wildman–Crippen LogP) is 3.94. The van der Waals surface area contributed by atoms with Gasteiger partial charge in [0, 0.05) is 6.07 Å². The van der Waals surface area contributed by atoms with Crippen molar-refractivity contribution in [3.05, 3.63) is 90.0 Å². The molecule has 27 heavy (non-hydrogen) atoms. The molecule has 1 N–H and O–H groups in total. The fourth-order valence-electron chi connectivity index (χ4n) is 2.69. The molecule has 3 rings (SSSR count). The maximum atomic E-state index is 12.5. The number of rotatable bonds is 7. The van der Waals surface area contributed by atoms with Gasteiger partial charge in [0.1, 0.15) is 18.1 Å². The third-order valence-corrected chi connectivity index (χ3v) is 5.14. The topological polar surface area (TPSA) is 66.8 Å². The number of hydrogen-bond donors (Lipinski definition) is 1. The van der Waals surface area contributed by atoms with E-state index in [9.17, 15) is 13.5 Å². The minimum atomic E-state index is -3.60. The van der Waals surface area contributed by atoms with E-state index in [-0.39, 0.29) is 12.3 Å². The van der Waals surface area contributed by atoms with E-state index in [1.807, 2.05) is 60.7 Å². The van der Waals surface area contributed by atoms with Gasteiger partial charge in [0.2, 0.25) is 10.0 Å². The number of nitrogens with zero attached hydrogens (tertiary/aromatic N) is 1. The summed E-state index contributed by atoms with van der Waals surface area (Å²) in [5.41, 5.74) is 2.10. The Bertz CT molecular complexity index is 989. The minimum absolute atomic E-state index is 0.0289. The summed E-state index contributed by atoms with van der Waals surface area (Å²) in [6.45, 7) is 0.437. The van der Waals surface area contributed by atoms with Gasteiger partial charge in [-0.15, -0.1) is 0 Å². The largest absolute Gasteiger partial charge is 0.508 e. The van der Waals surface area contributed by atoms with Crippen LogP contribution in [0.5, 0.6) is 11.5 Å². The molecule has 140 valence electrons. The van der Waals surface area contributed by atoms with Crippen molar-refractivity contribution in [2.45, 2.75) is 13.2 Å². The van der Waals surface area contributed by atoms with Crippen molar-refractivity contribution in [1.29, 1.82) is 0 Å². The first-order valence-corrected chi connectivity index (χ1v) is 10.3. The zero-order chi connectivity index (χ0) is 19.3. The number of sulfonamides is 1. The molecule has 0 radical (unpaired) electrons. The second kappa shape index (κ2) is 8.14. The van der Waals surface area contributed by atoms with Crippen LogP contribution in [-0.4, -0.2) is 19.8 Å². The smallest absolute Gasteiger partial charge is 0.232 e. The lowest BCUT2D eigenvalue weighted by molar-refractivity contribution is 0.306. The number of anilines is 1. The molecule has 0 heterocycles. The Balaban J connectivity index is 1.94. The van der Waals surface area contributed by atoms with Crippen molar-refractivity contribution in [2.24, 2.45) is 0 Å². The van der Waals surface area contributed by atoms with E-state index < -0.39 is 10.0 Å². The van der Waals surface area contributed by atoms with Gasteiger partial charge in [-0.3, -0.25) is 4.31 Å². The van der Waals surface area contributed by atoms with E-state index in [2.05, 4.69) is 0 Å². The highest BCUT2D eigenvalue weighted by Gasteiger charge is 2.22. The predicted molar refractivity (Wildman–Crippen MR) is 106 cm³/mol. The Morgan fingerprint density at radius 2 is 1.48 bits per heavy atom. The zero-order valence-electron chi connectivity index (χ0n) is 14.9. The summed E-state index contributed by atoms with van der Waals surface area (Å²) in [7, 11) is -3.60. The van der Waals surface area contributed by atoms with Gasteiger partial charge >= 0.3 is 0 Å². The molecule has 0 unspecified atom stereocenters. The molecular formula is C21H21NO4S. The Labute approximate surface area is 159 Å². The normalized spacial score (nSPS) is 11.1. The molecule has 0 saturated carbocycles. The number of ether oxygens (including phenoxy) is 1. The summed E-state index contributed by atoms with van der Waals surface area (Å²) in [5.74, 6) is 0.358. The molecule has 3 aromatic rings. The van der Waals surface area contributed by atoms with Crippen LogP contribution in [0, 0.1) is 0 Å². The molecule has 5 nitrogen and oxygen atoms in total. The van der Waals surface area contributed by atoms with Gasteiger partial charge in [-0.05, 0) is 23.3 Å². The van der Waals surface area contributed by atoms with E-state index in [0.717, 1.165) is 17.4 Å². The van der Waals surface area contributed by atoms with Crippen LogP contribution in [0.1, 0.15) is 11.1 Å². The summed E-state index contributed by atoms with van der Waals surface area (Å²) in [6, 6.07) is 23.3. The summed E-state index contributed by atoms with van der Waals surface area (Å²) in [4.78, 5) is 0. The number of phenolic OH excluding ortho intramolecular Hbond substituents is 1. The SMILES string of the molecule is CS(=O)(=O)N(Cc1ccccc1)c1cc(O)ccc1OCc1ccccc1. The molecule has 0 fully saturated rings. The molecule has 0 bridgehead atoms. The van der Waals surface area contributed by atoms with Crippen LogP contribution in [0.4, 0.5) is 5.69 Å². The highest BCUT2D eigenvalue weighted by molar-refractivity contribution is 7.92. The summed E-state index contributed by atoms with van der Waals surface area (Å²) in [6.07, 6.45) is 1.14. The molecular weight excluding hydrogens is 362 g/mol. The third-order valence-electron chi connectivity index (χ3n) is 4.02. The lowest BCUT2D eigenvalue weighted by Crippen LogP contribution is -2.29. The van der Waals surface area contributed by atoms with Crippen LogP contribution in [-0.2, 0) is 23.2 Å². The first-order chi connectivity index (χ1) is 12.9. The Morgan fingerprint density at radius 1 is 0.889 bits per heavy atom. The van der Waals surface area contributed by atoms with Crippen molar-refractivity contribution in [2.75, 3.05) is 10.6 Å². The molecule has 0 aromatic heterocycles. The standard InChI is InChI=1S/C21H21NO4S/c1-27(24,25)22(15-17-8-4-2-5-9-17)20-14-19(23)12-13-21(20)26-16-18-10-6-3-7-11-18/h2-14,23H,15-16H2,1H3. The first kappa shape index (κ1) is 18.8. The Morgan fingerprint density at radius 3 is 2.07 bits per heavy atom. The van der Waals surface area contributed by atoms with Crippen LogP contribution in [0.15, 0.2) is 78.9 Å². The van der Waals surface area contributed by atoms with E-state index in [1.54, 1.807) is 6.07 Å². The Kier molecular flexibility index (Phi) is 5.66. The number of aromatic hydroxyl groups is 1. The lowest BCUT2D eigenvalue weighted by atomic mass is 10.2. The van der Waals surface area contributed by atoms with Gasteiger partial charge in [-0.25, -0.2) is 8.42 Å². The quantitative estimate of drug-likeness (QED) is 0.671. The zero-order valence-corrected chi connectivity index (χ0v) is 15.8. The second-order valence-electron chi connectivity index (χ2n) is 6.18. The third kappa shape index (κ3) is 5.01. The van der Waals surface area contributed by atoms with Gasteiger partial charge < -0.3 is 9.84 Å². The maximum Gasteiger partial charge on any atom is 0.232 e. The van der Waals surface area contributed by atoms with Crippen LogP contribution >= 0.6 is 0 Å². The molecule has 0 saturated heterocycles. The van der Waals surface area contributed by atoms with Gasteiger partial charge in [-0.2, -0.15) is 0 Å². The first-order valence-electron chi connectivity index (χ1n) is 8.45. The highest BCUT2D eigenvalue weighted by atomic mass is 32.2. The summed E-state index contributed by atoms with van der Waals surface area (Å²) in [5, 5.41) is 9.93. The van der Waals surface area contributed by atoms with E-state index >= 15 is 0 Å². The van der Waals surface area contributed by atoms with Gasteiger partial charge in [-0.1, -0.05) is 60.7 Å². The van der Waals surface area contributed by atoms with Crippen molar-refractivity contribution in [1.82, 2.24) is 0 Å². The van der Waals surface area contributed by atoms with Crippen molar-refractivity contribution in [3.8, 4) is 11.5 Å². The van der Waals surface area contributed by atoms with Gasteiger partial charge in [0.05, 0.1) is 18.5 Å². The molecule has 0 aliphatic carbocycles. The molecule has 0 spiro atoms. The second-order valence-corrected chi connectivity index (χ2v) is 8.09. The van der Waals surface area contributed by atoms with Gasteiger partial charge in [0.15, 0.2) is 0 Å². The molecule has 0 atom stereocenters. The van der Waals surface area contributed by atoms with Crippen molar-refractivity contribution < 1.29 is 18.3 Å². The average molecular weight is 383 g/mol. The number of phenols is 1. The molecule has 0 aliphatic rings. The molecule has 0 amide bonds. The van der Waals surface area contributed by atoms with Crippen molar-refractivity contribution in [3.63, 3.8) is 0 Å². The van der Waals surface area contributed by atoms with Crippen LogP contribution in [0.3, 0.4) is 0 Å². The van der Waals surface area contributed by atoms with E-state index in [4.69, 9.17) is 4.74 Å². The van der Waals surface area contributed by atoms with Crippen molar-refractivity contribution >= 4 is 15.7 Å².